The fraction of sp³-hybridized carbons (Fsp3) is 0.200. The Morgan fingerprint density at radius 2 is 1.81 bits per heavy atom. The Hall–Kier alpha value is -1.56. The van der Waals surface area contributed by atoms with Crippen LogP contribution in [0.15, 0.2) is 26.6 Å². The first kappa shape index (κ1) is 12.5. The molecule has 0 atom stereocenters. The second-order valence-electron chi connectivity index (χ2n) is 3.42. The van der Waals surface area contributed by atoms with Crippen molar-refractivity contribution in [1.82, 2.24) is 0 Å². The van der Waals surface area contributed by atoms with Crippen LogP contribution in [0.1, 0.15) is 11.1 Å². The molecule has 0 aliphatic heterocycles. The molecule has 0 aromatic heterocycles. The van der Waals surface area contributed by atoms with E-state index in [4.69, 9.17) is 17.2 Å². The van der Waals surface area contributed by atoms with Crippen molar-refractivity contribution in [2.24, 2.45) is 27.2 Å². The molecule has 1 rings (SSSR count). The lowest BCUT2D eigenvalue weighted by atomic mass is 10.1. The van der Waals surface area contributed by atoms with Crippen molar-refractivity contribution < 1.29 is 0 Å². The average molecular weight is 284 g/mol. The Balaban J connectivity index is 3.20. The van der Waals surface area contributed by atoms with Gasteiger partial charge in [-0.1, -0.05) is 6.07 Å². The topological polar surface area (TPSA) is 103 Å². The van der Waals surface area contributed by atoms with E-state index >= 15 is 0 Å². The second-order valence-corrected chi connectivity index (χ2v) is 4.27. The van der Waals surface area contributed by atoms with Gasteiger partial charge in [0.25, 0.3) is 0 Å². The van der Waals surface area contributed by atoms with Crippen LogP contribution in [-0.4, -0.2) is 11.9 Å². The van der Waals surface area contributed by atoms with E-state index in [-0.39, 0.29) is 11.9 Å². The number of benzene rings is 1. The Kier molecular flexibility index (Phi) is 3.89. The summed E-state index contributed by atoms with van der Waals surface area (Å²) in [6.45, 7) is 3.95. The van der Waals surface area contributed by atoms with E-state index in [0.29, 0.717) is 0 Å². The number of guanidine groups is 2. The smallest absolute Gasteiger partial charge is 0.223 e. The van der Waals surface area contributed by atoms with Gasteiger partial charge in [0.2, 0.25) is 5.96 Å². The first-order valence-corrected chi connectivity index (χ1v) is 5.40. The minimum Gasteiger partial charge on any atom is -0.370 e. The molecule has 0 saturated carbocycles. The highest BCUT2D eigenvalue weighted by Gasteiger charge is 2.04. The van der Waals surface area contributed by atoms with Crippen molar-refractivity contribution in [3.05, 3.63) is 27.7 Å². The molecule has 6 heteroatoms. The number of rotatable bonds is 1. The van der Waals surface area contributed by atoms with E-state index in [0.717, 1.165) is 21.3 Å². The zero-order valence-electron chi connectivity index (χ0n) is 9.16. The van der Waals surface area contributed by atoms with Gasteiger partial charge in [0.15, 0.2) is 5.96 Å². The van der Waals surface area contributed by atoms with E-state index in [1.54, 1.807) is 0 Å². The van der Waals surface area contributed by atoms with Crippen molar-refractivity contribution >= 4 is 33.5 Å². The molecule has 16 heavy (non-hydrogen) atoms. The third-order valence-electron chi connectivity index (χ3n) is 1.87. The molecular weight excluding hydrogens is 270 g/mol. The molecule has 6 N–H and O–H groups in total. The van der Waals surface area contributed by atoms with Gasteiger partial charge in [0.1, 0.15) is 0 Å². The lowest BCUT2D eigenvalue weighted by Crippen LogP contribution is -2.26. The molecule has 0 aliphatic rings. The normalized spacial score (nSPS) is 11.3. The fourth-order valence-electron chi connectivity index (χ4n) is 1.32. The van der Waals surface area contributed by atoms with Gasteiger partial charge < -0.3 is 17.2 Å². The van der Waals surface area contributed by atoms with Crippen molar-refractivity contribution in [3.63, 3.8) is 0 Å². The summed E-state index contributed by atoms with van der Waals surface area (Å²) >= 11 is 3.42. The van der Waals surface area contributed by atoms with Crippen LogP contribution in [-0.2, 0) is 0 Å². The van der Waals surface area contributed by atoms with Crippen LogP contribution in [0, 0.1) is 13.8 Å². The number of hydrogen-bond acceptors (Lipinski definition) is 1. The van der Waals surface area contributed by atoms with Crippen LogP contribution in [0.4, 0.5) is 5.69 Å². The van der Waals surface area contributed by atoms with Crippen molar-refractivity contribution in [1.29, 1.82) is 0 Å². The van der Waals surface area contributed by atoms with Gasteiger partial charge in [0.05, 0.1) is 5.69 Å². The molecule has 1 aromatic rings. The summed E-state index contributed by atoms with van der Waals surface area (Å²) in [5.74, 6) is -0.0743. The van der Waals surface area contributed by atoms with Crippen LogP contribution in [0.5, 0.6) is 0 Å². The first-order chi connectivity index (χ1) is 7.40. The fourth-order valence-corrected chi connectivity index (χ4v) is 2.08. The maximum atomic E-state index is 5.56. The monoisotopic (exact) mass is 283 g/mol. The Bertz CT molecular complexity index is 437. The van der Waals surface area contributed by atoms with Gasteiger partial charge in [-0.2, -0.15) is 4.99 Å². The first-order valence-electron chi connectivity index (χ1n) is 4.60. The predicted molar refractivity (Wildman–Crippen MR) is 70.7 cm³/mol. The number of nitrogens with zero attached hydrogens (tertiary/aromatic N) is 2. The molecule has 0 spiro atoms. The van der Waals surface area contributed by atoms with Crippen LogP contribution in [0.2, 0.25) is 0 Å². The van der Waals surface area contributed by atoms with Crippen LogP contribution in [0.3, 0.4) is 0 Å². The molecule has 0 aliphatic carbocycles. The predicted octanol–water partition coefficient (Wildman–Crippen LogP) is 1.29. The molecule has 0 bridgehead atoms. The number of hydrogen-bond donors (Lipinski definition) is 3. The van der Waals surface area contributed by atoms with Gasteiger partial charge in [-0.05, 0) is 47.0 Å². The van der Waals surface area contributed by atoms with Gasteiger partial charge in [-0.25, -0.2) is 4.99 Å². The highest BCUT2D eigenvalue weighted by molar-refractivity contribution is 9.10. The van der Waals surface area contributed by atoms with Crippen molar-refractivity contribution in [3.8, 4) is 0 Å². The number of nitrogens with two attached hydrogens (primary N) is 3. The molecular formula is C10H14BrN5. The van der Waals surface area contributed by atoms with Crippen molar-refractivity contribution in [2.75, 3.05) is 0 Å². The molecule has 1 aromatic carbocycles. The van der Waals surface area contributed by atoms with E-state index in [9.17, 15) is 0 Å². The average Bonchev–Trinajstić information content (AvgIpc) is 2.09. The SMILES string of the molecule is Cc1cc(C)c(N=C(N)N=C(N)N)c(Br)c1. The summed E-state index contributed by atoms with van der Waals surface area (Å²) in [5.41, 5.74) is 18.8. The van der Waals surface area contributed by atoms with Gasteiger partial charge in [-0.15, -0.1) is 0 Å². The summed E-state index contributed by atoms with van der Waals surface area (Å²) in [7, 11) is 0. The molecule has 0 saturated heterocycles. The Labute approximate surface area is 103 Å². The van der Waals surface area contributed by atoms with E-state index in [1.165, 1.54) is 0 Å². The zero-order valence-corrected chi connectivity index (χ0v) is 10.7. The van der Waals surface area contributed by atoms with Gasteiger partial charge in [0, 0.05) is 4.47 Å². The second kappa shape index (κ2) is 4.98. The minimum absolute atomic E-state index is 0.0349. The third-order valence-corrected chi connectivity index (χ3v) is 2.47. The van der Waals surface area contributed by atoms with Crippen LogP contribution in [0.25, 0.3) is 0 Å². The standard InChI is InChI=1S/C10H14BrN5/c1-5-3-6(2)8(7(11)4-5)15-10(14)16-9(12)13/h3-4H,1-2H3,(H6,12,13,14,15,16). The van der Waals surface area contributed by atoms with Crippen LogP contribution < -0.4 is 17.2 Å². The summed E-state index contributed by atoms with van der Waals surface area (Å²) in [6, 6.07) is 3.96. The molecule has 5 nitrogen and oxygen atoms in total. The van der Waals surface area contributed by atoms with E-state index in [1.807, 2.05) is 26.0 Å². The van der Waals surface area contributed by atoms with Crippen LogP contribution >= 0.6 is 15.9 Å². The highest BCUT2D eigenvalue weighted by Crippen LogP contribution is 2.30. The molecule has 0 heterocycles. The molecule has 0 radical (unpaired) electrons. The molecule has 0 unspecified atom stereocenters. The largest absolute Gasteiger partial charge is 0.370 e. The summed E-state index contributed by atoms with van der Waals surface area (Å²) < 4.78 is 0.860. The molecule has 0 amide bonds. The zero-order chi connectivity index (χ0) is 12.3. The number of halogens is 1. The summed E-state index contributed by atoms with van der Waals surface area (Å²) in [4.78, 5) is 7.80. The molecule has 0 fully saturated rings. The molecule has 86 valence electrons. The quantitative estimate of drug-likeness (QED) is 0.534. The Morgan fingerprint density at radius 1 is 1.19 bits per heavy atom. The maximum Gasteiger partial charge on any atom is 0.223 e. The maximum absolute atomic E-state index is 5.56. The Morgan fingerprint density at radius 3 is 2.31 bits per heavy atom. The lowest BCUT2D eigenvalue weighted by Gasteiger charge is -2.05. The lowest BCUT2D eigenvalue weighted by molar-refractivity contribution is 1.30. The van der Waals surface area contributed by atoms with Gasteiger partial charge in [-0.3, -0.25) is 0 Å². The summed E-state index contributed by atoms with van der Waals surface area (Å²) in [5, 5.41) is 0. The highest BCUT2D eigenvalue weighted by atomic mass is 79.9. The van der Waals surface area contributed by atoms with E-state index < -0.39 is 0 Å². The van der Waals surface area contributed by atoms with Crippen molar-refractivity contribution in [2.45, 2.75) is 13.8 Å². The number of aryl methyl sites for hydroxylation is 2. The van der Waals surface area contributed by atoms with Gasteiger partial charge >= 0.3 is 0 Å². The minimum atomic E-state index is -0.109. The third kappa shape index (κ3) is 3.23. The summed E-state index contributed by atoms with van der Waals surface area (Å²) in [6.07, 6.45) is 0. The number of aliphatic imine (C=N–C) groups is 2. The van der Waals surface area contributed by atoms with E-state index in [2.05, 4.69) is 25.9 Å².